The van der Waals surface area contributed by atoms with Crippen molar-refractivity contribution in [1.29, 1.82) is 0 Å². The summed E-state index contributed by atoms with van der Waals surface area (Å²) in [6.45, 7) is 2.02. The van der Waals surface area contributed by atoms with E-state index < -0.39 is 0 Å². The maximum absolute atomic E-state index is 12.1. The fourth-order valence-electron chi connectivity index (χ4n) is 1.83. The molecule has 0 unspecified atom stereocenters. The topological polar surface area (TPSA) is 29.5 Å². The summed E-state index contributed by atoms with van der Waals surface area (Å²) >= 11 is 0. The monoisotopic (exact) mass is 255 g/mol. The summed E-state index contributed by atoms with van der Waals surface area (Å²) < 4.78 is 5.46. The largest absolute Gasteiger partial charge is 0.484 e. The zero-order valence-electron chi connectivity index (χ0n) is 11.2. The number of aryl methyl sites for hydroxylation is 1. The number of rotatable bonds is 4. The SMILES string of the molecule is Cc1ccccc1N(C)C(=O)COc1ccccc1. The van der Waals surface area contributed by atoms with Crippen LogP contribution in [0.2, 0.25) is 0 Å². The van der Waals surface area contributed by atoms with Crippen molar-refractivity contribution in [1.82, 2.24) is 0 Å². The van der Waals surface area contributed by atoms with E-state index in [0.29, 0.717) is 5.75 Å². The van der Waals surface area contributed by atoms with Crippen molar-refractivity contribution in [3.63, 3.8) is 0 Å². The van der Waals surface area contributed by atoms with Crippen molar-refractivity contribution in [3.05, 3.63) is 60.2 Å². The molecule has 0 spiro atoms. The number of carbonyl (C=O) groups excluding carboxylic acids is 1. The molecule has 0 aliphatic rings. The van der Waals surface area contributed by atoms with Crippen molar-refractivity contribution >= 4 is 11.6 Å². The molecule has 2 rings (SSSR count). The summed E-state index contributed by atoms with van der Waals surface area (Å²) in [4.78, 5) is 13.7. The predicted octanol–water partition coefficient (Wildman–Crippen LogP) is 3.04. The fourth-order valence-corrected chi connectivity index (χ4v) is 1.83. The molecule has 0 aliphatic carbocycles. The first kappa shape index (κ1) is 13.1. The average Bonchev–Trinajstić information content (AvgIpc) is 2.45. The summed E-state index contributed by atoms with van der Waals surface area (Å²) in [5.41, 5.74) is 1.97. The first-order valence-electron chi connectivity index (χ1n) is 6.18. The molecule has 2 aromatic carbocycles. The molecule has 0 N–H and O–H groups in total. The van der Waals surface area contributed by atoms with Crippen molar-refractivity contribution in [3.8, 4) is 5.75 Å². The molecule has 3 nitrogen and oxygen atoms in total. The number of benzene rings is 2. The highest BCUT2D eigenvalue weighted by atomic mass is 16.5. The van der Waals surface area contributed by atoms with E-state index in [0.717, 1.165) is 11.3 Å². The molecule has 0 heterocycles. The second kappa shape index (κ2) is 6.05. The highest BCUT2D eigenvalue weighted by Crippen LogP contribution is 2.18. The normalized spacial score (nSPS) is 10.0. The molecule has 0 aromatic heterocycles. The molecule has 0 saturated carbocycles. The third-order valence-corrected chi connectivity index (χ3v) is 2.96. The molecular weight excluding hydrogens is 238 g/mol. The van der Waals surface area contributed by atoms with Crippen molar-refractivity contribution < 1.29 is 9.53 Å². The lowest BCUT2D eigenvalue weighted by Crippen LogP contribution is -2.31. The van der Waals surface area contributed by atoms with Gasteiger partial charge in [0.05, 0.1) is 0 Å². The maximum atomic E-state index is 12.1. The number of hydrogen-bond donors (Lipinski definition) is 0. The zero-order chi connectivity index (χ0) is 13.7. The number of likely N-dealkylation sites (N-methyl/N-ethyl adjacent to an activating group) is 1. The van der Waals surface area contributed by atoms with Crippen LogP contribution in [-0.2, 0) is 4.79 Å². The van der Waals surface area contributed by atoms with Crippen LogP contribution in [0.25, 0.3) is 0 Å². The second-order valence-electron chi connectivity index (χ2n) is 4.34. The number of anilines is 1. The van der Waals surface area contributed by atoms with Gasteiger partial charge in [-0.25, -0.2) is 0 Å². The molecule has 0 atom stereocenters. The van der Waals surface area contributed by atoms with Gasteiger partial charge in [-0.15, -0.1) is 0 Å². The van der Waals surface area contributed by atoms with Crippen molar-refractivity contribution in [2.24, 2.45) is 0 Å². The van der Waals surface area contributed by atoms with Crippen LogP contribution < -0.4 is 9.64 Å². The quantitative estimate of drug-likeness (QED) is 0.840. The van der Waals surface area contributed by atoms with Crippen LogP contribution in [-0.4, -0.2) is 19.6 Å². The van der Waals surface area contributed by atoms with E-state index in [4.69, 9.17) is 4.74 Å². The summed E-state index contributed by atoms with van der Waals surface area (Å²) in [5, 5.41) is 0. The Kier molecular flexibility index (Phi) is 4.18. The number of ether oxygens (including phenoxy) is 1. The highest BCUT2D eigenvalue weighted by Gasteiger charge is 2.13. The summed E-state index contributed by atoms with van der Waals surface area (Å²) in [6.07, 6.45) is 0. The number of amides is 1. The smallest absolute Gasteiger partial charge is 0.264 e. The highest BCUT2D eigenvalue weighted by molar-refractivity contribution is 5.94. The first-order chi connectivity index (χ1) is 9.18. The van der Waals surface area contributed by atoms with Gasteiger partial charge in [-0.1, -0.05) is 36.4 Å². The lowest BCUT2D eigenvalue weighted by molar-refractivity contribution is -0.120. The van der Waals surface area contributed by atoms with E-state index in [9.17, 15) is 4.79 Å². The lowest BCUT2D eigenvalue weighted by atomic mass is 10.2. The van der Waals surface area contributed by atoms with Gasteiger partial charge in [0.25, 0.3) is 5.91 Å². The Morgan fingerprint density at radius 1 is 1.05 bits per heavy atom. The van der Waals surface area contributed by atoms with E-state index in [-0.39, 0.29) is 12.5 Å². The summed E-state index contributed by atoms with van der Waals surface area (Å²) in [7, 11) is 1.76. The van der Waals surface area contributed by atoms with Gasteiger partial charge in [-0.2, -0.15) is 0 Å². The van der Waals surface area contributed by atoms with Gasteiger partial charge < -0.3 is 9.64 Å². The van der Waals surface area contributed by atoms with Gasteiger partial charge in [-0.05, 0) is 30.7 Å². The van der Waals surface area contributed by atoms with Gasteiger partial charge in [0.1, 0.15) is 5.75 Å². The van der Waals surface area contributed by atoms with Gasteiger partial charge in [0, 0.05) is 12.7 Å². The fraction of sp³-hybridized carbons (Fsp3) is 0.188. The van der Waals surface area contributed by atoms with Crippen LogP contribution in [0.15, 0.2) is 54.6 Å². The molecule has 0 bridgehead atoms. The Bertz CT molecular complexity index is 552. The van der Waals surface area contributed by atoms with E-state index in [1.165, 1.54) is 0 Å². The molecule has 0 saturated heterocycles. The van der Waals surface area contributed by atoms with E-state index in [1.807, 2.05) is 61.5 Å². The number of para-hydroxylation sites is 2. The molecule has 0 radical (unpaired) electrons. The Hall–Kier alpha value is -2.29. The summed E-state index contributed by atoms with van der Waals surface area (Å²) in [5.74, 6) is 0.632. The lowest BCUT2D eigenvalue weighted by Gasteiger charge is -2.19. The van der Waals surface area contributed by atoms with Crippen LogP contribution in [0, 0.1) is 6.92 Å². The van der Waals surface area contributed by atoms with Crippen LogP contribution in [0.5, 0.6) is 5.75 Å². The molecule has 0 aliphatic heterocycles. The van der Waals surface area contributed by atoms with E-state index in [1.54, 1.807) is 11.9 Å². The molecule has 98 valence electrons. The Morgan fingerprint density at radius 3 is 2.37 bits per heavy atom. The van der Waals surface area contributed by atoms with E-state index in [2.05, 4.69) is 0 Å². The van der Waals surface area contributed by atoms with Crippen molar-refractivity contribution in [2.75, 3.05) is 18.6 Å². The minimum Gasteiger partial charge on any atom is -0.484 e. The third-order valence-electron chi connectivity index (χ3n) is 2.96. The number of nitrogens with zero attached hydrogens (tertiary/aromatic N) is 1. The first-order valence-corrected chi connectivity index (χ1v) is 6.18. The third kappa shape index (κ3) is 3.35. The molecule has 1 amide bonds. The molecule has 2 aromatic rings. The average molecular weight is 255 g/mol. The van der Waals surface area contributed by atoms with Crippen LogP contribution in [0.3, 0.4) is 0 Å². The van der Waals surface area contributed by atoms with Crippen LogP contribution in [0.1, 0.15) is 5.56 Å². The van der Waals surface area contributed by atoms with Gasteiger partial charge in [-0.3, -0.25) is 4.79 Å². The van der Waals surface area contributed by atoms with Crippen molar-refractivity contribution in [2.45, 2.75) is 6.92 Å². The molecular formula is C16H17NO2. The second-order valence-corrected chi connectivity index (χ2v) is 4.34. The Balaban J connectivity index is 1.99. The minimum absolute atomic E-state index is 0.0366. The summed E-state index contributed by atoms with van der Waals surface area (Å²) in [6, 6.07) is 17.1. The maximum Gasteiger partial charge on any atom is 0.264 e. The minimum atomic E-state index is -0.0712. The van der Waals surface area contributed by atoms with E-state index >= 15 is 0 Å². The zero-order valence-corrected chi connectivity index (χ0v) is 11.2. The Morgan fingerprint density at radius 2 is 1.68 bits per heavy atom. The van der Waals surface area contributed by atoms with Gasteiger partial charge >= 0.3 is 0 Å². The van der Waals surface area contributed by atoms with Gasteiger partial charge in [0.15, 0.2) is 6.61 Å². The van der Waals surface area contributed by atoms with Crippen LogP contribution in [0.4, 0.5) is 5.69 Å². The molecule has 19 heavy (non-hydrogen) atoms. The predicted molar refractivity (Wildman–Crippen MR) is 76.5 cm³/mol. The number of carbonyl (C=O) groups is 1. The van der Waals surface area contributed by atoms with Crippen LogP contribution >= 0.6 is 0 Å². The number of hydrogen-bond acceptors (Lipinski definition) is 2. The molecule has 0 fully saturated rings. The molecule has 3 heteroatoms. The Labute approximate surface area is 113 Å². The standard InChI is InChI=1S/C16H17NO2/c1-13-8-6-7-11-15(13)17(2)16(18)12-19-14-9-4-3-5-10-14/h3-11H,12H2,1-2H3. The van der Waals surface area contributed by atoms with Gasteiger partial charge in [0.2, 0.25) is 0 Å².